The van der Waals surface area contributed by atoms with Crippen LogP contribution < -0.4 is 11.1 Å². The number of hydrogen-bond acceptors (Lipinski definition) is 6. The van der Waals surface area contributed by atoms with Gasteiger partial charge in [0.05, 0.1) is 12.9 Å². The fourth-order valence-corrected chi connectivity index (χ4v) is 0.877. The van der Waals surface area contributed by atoms with Gasteiger partial charge in [-0.15, -0.1) is 0 Å². The van der Waals surface area contributed by atoms with Gasteiger partial charge in [0.25, 0.3) is 5.91 Å². The van der Waals surface area contributed by atoms with Gasteiger partial charge in [-0.3, -0.25) is 4.79 Å². The van der Waals surface area contributed by atoms with Crippen molar-refractivity contribution in [3.63, 3.8) is 0 Å². The van der Waals surface area contributed by atoms with Crippen LogP contribution in [0.3, 0.4) is 0 Å². The second-order valence-electron chi connectivity index (χ2n) is 2.64. The van der Waals surface area contributed by atoms with Gasteiger partial charge in [0.1, 0.15) is 0 Å². The third-order valence-electron chi connectivity index (χ3n) is 1.57. The first-order valence-corrected chi connectivity index (χ1v) is 4.34. The molecule has 0 aliphatic heterocycles. The molecule has 0 spiro atoms. The molecule has 0 saturated carbocycles. The van der Waals surface area contributed by atoms with Crippen LogP contribution in [0.25, 0.3) is 0 Å². The minimum absolute atomic E-state index is 0.000334. The van der Waals surface area contributed by atoms with Crippen LogP contribution in [0.15, 0.2) is 17.5 Å². The first-order valence-electron chi connectivity index (χ1n) is 4.34. The molecule has 15 heavy (non-hydrogen) atoms. The monoisotopic (exact) mass is 212 g/mol. The number of nitrogens with one attached hydrogen (secondary N) is 1. The number of nitrogens with two attached hydrogens (primary N) is 1. The summed E-state index contributed by atoms with van der Waals surface area (Å²) >= 11 is 0. The summed E-state index contributed by atoms with van der Waals surface area (Å²) in [7, 11) is 0. The van der Waals surface area contributed by atoms with Gasteiger partial charge in [-0.05, 0) is 16.7 Å². The molecular weight excluding hydrogens is 200 g/mol. The fraction of sp³-hybridized carbons (Fsp3) is 0.375. The van der Waals surface area contributed by atoms with E-state index < -0.39 is 5.91 Å². The van der Waals surface area contributed by atoms with E-state index in [1.54, 1.807) is 0 Å². The van der Waals surface area contributed by atoms with Gasteiger partial charge >= 0.3 is 0 Å². The molecule has 0 fully saturated rings. The molecule has 0 aliphatic carbocycles. The third kappa shape index (κ3) is 3.29. The molecule has 7 nitrogen and oxygen atoms in total. The Morgan fingerprint density at radius 3 is 3.07 bits per heavy atom. The Labute approximate surface area is 86.2 Å². The van der Waals surface area contributed by atoms with Crippen molar-refractivity contribution in [1.82, 2.24) is 15.6 Å². The Morgan fingerprint density at radius 1 is 1.67 bits per heavy atom. The summed E-state index contributed by atoms with van der Waals surface area (Å²) in [6, 6.07) is 0. The number of carbonyl (C=O) groups excluding carboxylic acids is 1. The minimum Gasteiger partial charge on any atom is -0.502 e. The summed E-state index contributed by atoms with van der Waals surface area (Å²) in [4.78, 5) is 11.3. The van der Waals surface area contributed by atoms with Gasteiger partial charge in [0, 0.05) is 6.54 Å². The molecule has 7 heteroatoms. The zero-order valence-corrected chi connectivity index (χ0v) is 8.10. The van der Waals surface area contributed by atoms with Gasteiger partial charge in [-0.2, -0.15) is 0 Å². The number of amides is 1. The fourth-order valence-electron chi connectivity index (χ4n) is 0.877. The summed E-state index contributed by atoms with van der Waals surface area (Å²) in [5.41, 5.74) is 5.33. The molecule has 3 N–H and O–H groups in total. The average molecular weight is 212 g/mol. The molecular formula is C8H12N4O3. The predicted molar refractivity (Wildman–Crippen MR) is 51.8 cm³/mol. The Balaban J connectivity index is 2.25. The Bertz CT molecular complexity index is 336. The Hall–Kier alpha value is -2.05. The summed E-state index contributed by atoms with van der Waals surface area (Å²) in [6.07, 6.45) is 2.02. The van der Waals surface area contributed by atoms with Crippen LogP contribution >= 0.6 is 0 Å². The number of ether oxygens (including phenoxy) is 1. The average Bonchev–Trinajstić information content (AvgIpc) is 2.64. The van der Waals surface area contributed by atoms with E-state index in [2.05, 4.69) is 26.8 Å². The Morgan fingerprint density at radius 2 is 2.47 bits per heavy atom. The van der Waals surface area contributed by atoms with Gasteiger partial charge in [0.2, 0.25) is 11.5 Å². The smallest absolute Gasteiger partial charge is 0.277 e. The molecule has 1 aromatic heterocycles. The quantitative estimate of drug-likeness (QED) is 0.505. The second-order valence-corrected chi connectivity index (χ2v) is 2.64. The van der Waals surface area contributed by atoms with Crippen LogP contribution in [0.1, 0.15) is 16.9 Å². The molecule has 82 valence electrons. The van der Waals surface area contributed by atoms with Gasteiger partial charge in [0.15, 0.2) is 0 Å². The van der Waals surface area contributed by atoms with Crippen molar-refractivity contribution in [3.05, 3.63) is 18.5 Å². The van der Waals surface area contributed by atoms with Crippen LogP contribution in [0.4, 0.5) is 5.82 Å². The molecule has 0 atom stereocenters. The molecule has 1 rings (SSSR count). The summed E-state index contributed by atoms with van der Waals surface area (Å²) in [6.45, 7) is 4.34. The van der Waals surface area contributed by atoms with Crippen LogP contribution in [0.2, 0.25) is 0 Å². The van der Waals surface area contributed by atoms with Crippen LogP contribution in [0, 0.1) is 0 Å². The lowest BCUT2D eigenvalue weighted by molar-refractivity contribution is 0.0941. The van der Waals surface area contributed by atoms with Gasteiger partial charge < -0.3 is 15.8 Å². The van der Waals surface area contributed by atoms with Crippen molar-refractivity contribution in [3.8, 4) is 0 Å². The number of carbonyl (C=O) groups is 1. The van der Waals surface area contributed by atoms with E-state index in [1.807, 2.05) is 0 Å². The number of rotatable bonds is 6. The van der Waals surface area contributed by atoms with Crippen molar-refractivity contribution in [1.29, 1.82) is 0 Å². The van der Waals surface area contributed by atoms with E-state index in [-0.39, 0.29) is 11.5 Å². The number of aromatic nitrogens is 2. The number of hydrogen-bond donors (Lipinski definition) is 2. The first-order chi connectivity index (χ1) is 7.25. The maximum atomic E-state index is 11.3. The van der Waals surface area contributed by atoms with E-state index in [9.17, 15) is 4.79 Å². The molecule has 0 bridgehead atoms. The van der Waals surface area contributed by atoms with Crippen molar-refractivity contribution in [2.45, 2.75) is 6.42 Å². The third-order valence-corrected chi connectivity index (χ3v) is 1.57. The largest absolute Gasteiger partial charge is 0.502 e. The summed E-state index contributed by atoms with van der Waals surface area (Å²) < 4.78 is 9.16. The maximum absolute atomic E-state index is 11.3. The highest BCUT2D eigenvalue weighted by molar-refractivity contribution is 5.95. The lowest BCUT2D eigenvalue weighted by Gasteiger charge is -2.02. The Kier molecular flexibility index (Phi) is 4.14. The zero-order valence-electron chi connectivity index (χ0n) is 8.10. The van der Waals surface area contributed by atoms with Gasteiger partial charge in [-0.25, -0.2) is 4.63 Å². The SMILES string of the molecule is C=COCCCNC(=O)c1nonc1N. The highest BCUT2D eigenvalue weighted by Crippen LogP contribution is 2.02. The number of nitrogen functional groups attached to an aromatic ring is 1. The molecule has 1 amide bonds. The van der Waals surface area contributed by atoms with E-state index in [4.69, 9.17) is 10.5 Å². The van der Waals surface area contributed by atoms with Crippen molar-refractivity contribution >= 4 is 11.7 Å². The molecule has 1 heterocycles. The van der Waals surface area contributed by atoms with Crippen molar-refractivity contribution < 1.29 is 14.2 Å². The highest BCUT2D eigenvalue weighted by atomic mass is 16.6. The number of nitrogens with zero attached hydrogens (tertiary/aromatic N) is 2. The van der Waals surface area contributed by atoms with Gasteiger partial charge in [-0.1, -0.05) is 6.58 Å². The highest BCUT2D eigenvalue weighted by Gasteiger charge is 2.14. The molecule has 0 radical (unpaired) electrons. The number of anilines is 1. The molecule has 0 saturated heterocycles. The van der Waals surface area contributed by atoms with Crippen LogP contribution in [-0.4, -0.2) is 29.4 Å². The second kappa shape index (κ2) is 5.63. The molecule has 1 aromatic rings. The summed E-state index contributed by atoms with van der Waals surface area (Å²) in [5.74, 6) is -0.429. The van der Waals surface area contributed by atoms with E-state index in [0.29, 0.717) is 19.6 Å². The van der Waals surface area contributed by atoms with E-state index in [0.717, 1.165) is 0 Å². The molecule has 0 aromatic carbocycles. The molecule has 0 aliphatic rings. The van der Waals surface area contributed by atoms with Crippen molar-refractivity contribution in [2.75, 3.05) is 18.9 Å². The summed E-state index contributed by atoms with van der Waals surface area (Å²) in [5, 5.41) is 9.24. The van der Waals surface area contributed by atoms with Crippen LogP contribution in [0.5, 0.6) is 0 Å². The maximum Gasteiger partial charge on any atom is 0.277 e. The lowest BCUT2D eigenvalue weighted by atomic mass is 10.4. The van der Waals surface area contributed by atoms with E-state index in [1.165, 1.54) is 6.26 Å². The zero-order chi connectivity index (χ0) is 11.1. The van der Waals surface area contributed by atoms with E-state index >= 15 is 0 Å². The standard InChI is InChI=1S/C8H12N4O3/c1-2-14-5-3-4-10-8(13)6-7(9)12-15-11-6/h2H,1,3-5H2,(H2,9,12)(H,10,13). The molecule has 0 unspecified atom stereocenters. The van der Waals surface area contributed by atoms with Crippen LogP contribution in [-0.2, 0) is 4.74 Å². The van der Waals surface area contributed by atoms with Crippen molar-refractivity contribution in [2.24, 2.45) is 0 Å². The predicted octanol–water partition coefficient (Wildman–Crippen LogP) is -0.0682. The lowest BCUT2D eigenvalue weighted by Crippen LogP contribution is -2.26. The topological polar surface area (TPSA) is 103 Å². The minimum atomic E-state index is -0.410. The normalized spacial score (nSPS) is 9.60. The first kappa shape index (κ1) is 11.0.